The number of piperidine rings is 1. The summed E-state index contributed by atoms with van der Waals surface area (Å²) >= 11 is 5.98. The molecule has 2 aliphatic heterocycles. The molecule has 0 spiro atoms. The van der Waals surface area contributed by atoms with E-state index < -0.39 is 0 Å². The average Bonchev–Trinajstić information content (AvgIpc) is 3.27. The lowest BCUT2D eigenvalue weighted by molar-refractivity contribution is 0.0732. The fraction of sp³-hybridized carbons (Fsp3) is 0.480. The van der Waals surface area contributed by atoms with Crippen LogP contribution in [-0.2, 0) is 6.54 Å². The third kappa shape index (κ3) is 5.20. The number of carbonyl (C=O) groups is 1. The molecule has 2 heterocycles. The molecule has 7 heteroatoms. The Hall–Kier alpha value is -2.28. The second kappa shape index (κ2) is 10.1. The van der Waals surface area contributed by atoms with Gasteiger partial charge in [0.1, 0.15) is 11.5 Å². The Labute approximate surface area is 194 Å². The normalized spacial score (nSPS) is 20.1. The fourth-order valence-electron chi connectivity index (χ4n) is 4.83. The van der Waals surface area contributed by atoms with Crippen molar-refractivity contribution in [3.05, 3.63) is 58.1 Å². The second-order valence-corrected chi connectivity index (χ2v) is 9.51. The summed E-state index contributed by atoms with van der Waals surface area (Å²) in [6.07, 6.45) is 4.28. The Morgan fingerprint density at radius 1 is 1.09 bits per heavy atom. The zero-order valence-electron chi connectivity index (χ0n) is 18.6. The van der Waals surface area contributed by atoms with Gasteiger partial charge in [0.25, 0.3) is 5.91 Å². The number of rotatable bonds is 6. The molecule has 32 heavy (non-hydrogen) atoms. The smallest absolute Gasteiger partial charge is 0.258 e. The average molecular weight is 458 g/mol. The van der Waals surface area contributed by atoms with Crippen molar-refractivity contribution in [2.24, 2.45) is 5.92 Å². The van der Waals surface area contributed by atoms with Gasteiger partial charge in [-0.1, -0.05) is 35.9 Å². The molecule has 0 aliphatic carbocycles. The topological polar surface area (TPSA) is 76.0 Å². The molecule has 2 fully saturated rings. The number of amides is 1. The lowest BCUT2D eigenvalue weighted by atomic mass is 9.97. The molecule has 6 nitrogen and oxygen atoms in total. The van der Waals surface area contributed by atoms with Gasteiger partial charge in [0.2, 0.25) is 0 Å². The molecule has 172 valence electrons. The van der Waals surface area contributed by atoms with Gasteiger partial charge in [0.05, 0.1) is 16.6 Å². The van der Waals surface area contributed by atoms with E-state index in [-0.39, 0.29) is 34.0 Å². The van der Waals surface area contributed by atoms with Crippen molar-refractivity contribution in [1.82, 2.24) is 15.1 Å². The molecule has 0 radical (unpaired) electrons. The molecule has 2 saturated heterocycles. The van der Waals surface area contributed by atoms with Crippen molar-refractivity contribution in [2.45, 2.75) is 38.3 Å². The zero-order chi connectivity index (χ0) is 22.7. The van der Waals surface area contributed by atoms with E-state index in [2.05, 4.69) is 41.5 Å². The maximum atomic E-state index is 13.2. The van der Waals surface area contributed by atoms with Gasteiger partial charge in [-0.3, -0.25) is 4.79 Å². The zero-order valence-corrected chi connectivity index (χ0v) is 19.3. The largest absolute Gasteiger partial charge is 0.507 e. The highest BCUT2D eigenvalue weighted by Crippen LogP contribution is 2.37. The predicted molar refractivity (Wildman–Crippen MR) is 126 cm³/mol. The summed E-state index contributed by atoms with van der Waals surface area (Å²) in [5.41, 5.74) is 2.44. The van der Waals surface area contributed by atoms with Crippen LogP contribution in [0.3, 0.4) is 0 Å². The van der Waals surface area contributed by atoms with E-state index in [1.54, 1.807) is 4.90 Å². The number of nitrogens with one attached hydrogen (secondary N) is 1. The van der Waals surface area contributed by atoms with E-state index in [1.165, 1.54) is 37.6 Å². The second-order valence-electron chi connectivity index (χ2n) is 9.10. The van der Waals surface area contributed by atoms with Crippen LogP contribution in [0.2, 0.25) is 5.02 Å². The van der Waals surface area contributed by atoms with Crippen LogP contribution in [-0.4, -0.2) is 59.1 Å². The van der Waals surface area contributed by atoms with Crippen LogP contribution in [0.25, 0.3) is 0 Å². The van der Waals surface area contributed by atoms with Crippen LogP contribution in [0.4, 0.5) is 0 Å². The van der Waals surface area contributed by atoms with Gasteiger partial charge >= 0.3 is 0 Å². The SMILES string of the molecule is CN1CCC(CNCc2cccc(C3CCCN3C(=O)c3cc(Cl)c(O)cc3O)c2)CC1. The van der Waals surface area contributed by atoms with Gasteiger partial charge < -0.3 is 25.3 Å². The Kier molecular flexibility index (Phi) is 7.23. The highest BCUT2D eigenvalue weighted by atomic mass is 35.5. The summed E-state index contributed by atoms with van der Waals surface area (Å²) in [5.74, 6) is -0.0200. The van der Waals surface area contributed by atoms with E-state index in [4.69, 9.17) is 11.6 Å². The van der Waals surface area contributed by atoms with Crippen molar-refractivity contribution >= 4 is 17.5 Å². The Morgan fingerprint density at radius 3 is 2.66 bits per heavy atom. The maximum Gasteiger partial charge on any atom is 0.258 e. The number of hydrogen-bond acceptors (Lipinski definition) is 5. The molecule has 2 aromatic rings. The first kappa shape index (κ1) is 22.9. The van der Waals surface area contributed by atoms with Gasteiger partial charge in [-0.25, -0.2) is 0 Å². The first-order valence-corrected chi connectivity index (χ1v) is 11.8. The van der Waals surface area contributed by atoms with Crippen LogP contribution in [0.15, 0.2) is 36.4 Å². The maximum absolute atomic E-state index is 13.2. The molecule has 1 amide bonds. The number of likely N-dealkylation sites (tertiary alicyclic amines) is 2. The van der Waals surface area contributed by atoms with E-state index >= 15 is 0 Å². The first-order chi connectivity index (χ1) is 15.4. The molecule has 0 aromatic heterocycles. The third-order valence-corrected chi connectivity index (χ3v) is 7.05. The van der Waals surface area contributed by atoms with Crippen LogP contribution in [0.5, 0.6) is 11.5 Å². The highest BCUT2D eigenvalue weighted by molar-refractivity contribution is 6.32. The minimum Gasteiger partial charge on any atom is -0.507 e. The number of halogens is 1. The van der Waals surface area contributed by atoms with Crippen molar-refractivity contribution in [1.29, 1.82) is 0 Å². The molecule has 2 aromatic carbocycles. The number of hydrogen-bond donors (Lipinski definition) is 3. The predicted octanol–water partition coefficient (Wildman–Crippen LogP) is 4.16. The molecular formula is C25H32ClN3O3. The van der Waals surface area contributed by atoms with E-state index in [1.807, 2.05) is 0 Å². The van der Waals surface area contributed by atoms with Gasteiger partial charge in [-0.15, -0.1) is 0 Å². The molecule has 3 N–H and O–H groups in total. The summed E-state index contributed by atoms with van der Waals surface area (Å²) in [5, 5.41) is 23.5. The summed E-state index contributed by atoms with van der Waals surface area (Å²) in [4.78, 5) is 17.4. The van der Waals surface area contributed by atoms with Crippen LogP contribution in [0, 0.1) is 5.92 Å². The number of benzene rings is 2. The molecule has 0 saturated carbocycles. The number of phenols is 2. The fourth-order valence-corrected chi connectivity index (χ4v) is 4.99. The quantitative estimate of drug-likeness (QED) is 0.607. The van der Waals surface area contributed by atoms with Crippen LogP contribution >= 0.6 is 11.6 Å². The van der Waals surface area contributed by atoms with Crippen LogP contribution in [0.1, 0.15) is 53.2 Å². The number of nitrogens with zero attached hydrogens (tertiary/aromatic N) is 2. The third-order valence-electron chi connectivity index (χ3n) is 6.75. The lowest BCUT2D eigenvalue weighted by Gasteiger charge is -2.29. The number of carbonyl (C=O) groups excluding carboxylic acids is 1. The van der Waals surface area contributed by atoms with Crippen molar-refractivity contribution < 1.29 is 15.0 Å². The minimum absolute atomic E-state index is 0.0386. The summed E-state index contributed by atoms with van der Waals surface area (Å²) in [7, 11) is 2.18. The molecule has 2 aliphatic rings. The number of aromatic hydroxyl groups is 2. The van der Waals surface area contributed by atoms with E-state index in [9.17, 15) is 15.0 Å². The van der Waals surface area contributed by atoms with Crippen molar-refractivity contribution in [3.8, 4) is 11.5 Å². The molecule has 0 bridgehead atoms. The summed E-state index contributed by atoms with van der Waals surface area (Å²) < 4.78 is 0. The summed E-state index contributed by atoms with van der Waals surface area (Å²) in [6.45, 7) is 4.83. The highest BCUT2D eigenvalue weighted by Gasteiger charge is 2.32. The van der Waals surface area contributed by atoms with Gasteiger partial charge in [0.15, 0.2) is 0 Å². The minimum atomic E-state index is -0.266. The molecule has 4 rings (SSSR count). The van der Waals surface area contributed by atoms with Crippen molar-refractivity contribution in [2.75, 3.05) is 33.2 Å². The lowest BCUT2D eigenvalue weighted by Crippen LogP contribution is -2.34. The monoisotopic (exact) mass is 457 g/mol. The standard InChI is InChI=1S/C25H32ClN3O3/c1-28-10-7-17(8-11-28)15-27-16-18-4-2-5-19(12-18)22-6-3-9-29(22)25(32)20-13-21(26)24(31)14-23(20)30/h2,4-5,12-14,17,22,27,30-31H,3,6-11,15-16H2,1H3. The Bertz CT molecular complexity index is 959. The van der Waals surface area contributed by atoms with Crippen LogP contribution < -0.4 is 5.32 Å². The van der Waals surface area contributed by atoms with Gasteiger partial charge in [-0.05, 0) is 75.5 Å². The van der Waals surface area contributed by atoms with Gasteiger partial charge in [-0.2, -0.15) is 0 Å². The summed E-state index contributed by atoms with van der Waals surface area (Å²) in [6, 6.07) is 10.9. The number of phenolic OH excluding ortho intramolecular Hbond substituents is 2. The van der Waals surface area contributed by atoms with Crippen molar-refractivity contribution in [3.63, 3.8) is 0 Å². The molecule has 1 unspecified atom stereocenters. The first-order valence-electron chi connectivity index (χ1n) is 11.4. The molecular weight excluding hydrogens is 426 g/mol. The van der Waals surface area contributed by atoms with E-state index in [0.29, 0.717) is 6.54 Å². The van der Waals surface area contributed by atoms with E-state index in [0.717, 1.165) is 43.5 Å². The van der Waals surface area contributed by atoms with Gasteiger partial charge in [0, 0.05) is 19.2 Å². The Morgan fingerprint density at radius 2 is 1.88 bits per heavy atom. The Balaban J connectivity index is 1.41. The molecule has 1 atom stereocenters.